The molecule has 1 atom stereocenters. The largest absolute Gasteiger partial charge is 0.325 e. The number of anilines is 1. The molecule has 2 rings (SSSR count). The average Bonchev–Trinajstić information content (AvgIpc) is 2.45. The van der Waals surface area contributed by atoms with E-state index in [4.69, 9.17) is 11.6 Å². The number of hydrogen-bond acceptors (Lipinski definition) is 2. The van der Waals surface area contributed by atoms with Gasteiger partial charge in [0.2, 0.25) is 5.91 Å². The quantitative estimate of drug-likeness (QED) is 0.823. The van der Waals surface area contributed by atoms with Gasteiger partial charge in [0.25, 0.3) is 0 Å². The minimum Gasteiger partial charge on any atom is -0.325 e. The second-order valence-electron chi connectivity index (χ2n) is 4.71. The normalized spacial score (nSPS) is 12.0. The Bertz CT molecular complexity index is 616. The van der Waals surface area contributed by atoms with Crippen molar-refractivity contribution in [3.63, 3.8) is 0 Å². The first-order valence-electron chi connectivity index (χ1n) is 6.59. The molecule has 2 aromatic carbocycles. The molecule has 0 aromatic heterocycles. The van der Waals surface area contributed by atoms with Crippen molar-refractivity contribution in [3.05, 3.63) is 63.6 Å². The van der Waals surface area contributed by atoms with Gasteiger partial charge in [-0.3, -0.25) is 4.79 Å². The van der Waals surface area contributed by atoms with Gasteiger partial charge >= 0.3 is 0 Å². The maximum Gasteiger partial charge on any atom is 0.238 e. The lowest BCUT2D eigenvalue weighted by molar-refractivity contribution is -0.115. The summed E-state index contributed by atoms with van der Waals surface area (Å²) in [5.41, 5.74) is 1.87. The summed E-state index contributed by atoms with van der Waals surface area (Å²) in [6.45, 7) is 2.26. The molecule has 0 spiro atoms. The lowest BCUT2D eigenvalue weighted by Crippen LogP contribution is -2.30. The lowest BCUT2D eigenvalue weighted by atomic mass is 10.1. The van der Waals surface area contributed by atoms with Crippen LogP contribution >= 0.6 is 27.5 Å². The summed E-state index contributed by atoms with van der Waals surface area (Å²) >= 11 is 9.23. The Balaban J connectivity index is 1.84. The molecule has 0 aliphatic heterocycles. The van der Waals surface area contributed by atoms with Gasteiger partial charge in [-0.2, -0.15) is 0 Å². The Morgan fingerprint density at radius 3 is 2.62 bits per heavy atom. The first-order chi connectivity index (χ1) is 10.0. The van der Waals surface area contributed by atoms with Gasteiger partial charge in [0, 0.05) is 21.2 Å². The van der Waals surface area contributed by atoms with Gasteiger partial charge in [-0.25, -0.2) is 0 Å². The van der Waals surface area contributed by atoms with Crippen LogP contribution in [-0.2, 0) is 4.79 Å². The van der Waals surface area contributed by atoms with E-state index in [0.29, 0.717) is 5.02 Å². The van der Waals surface area contributed by atoms with E-state index in [2.05, 4.69) is 26.6 Å². The number of halogens is 2. The summed E-state index contributed by atoms with van der Waals surface area (Å²) in [4.78, 5) is 11.9. The van der Waals surface area contributed by atoms with Crippen LogP contribution in [0.3, 0.4) is 0 Å². The predicted octanol–water partition coefficient (Wildman–Crippen LogP) is 4.39. The second kappa shape index (κ2) is 7.59. The zero-order chi connectivity index (χ0) is 15.2. The fraction of sp³-hybridized carbons (Fsp3) is 0.188. The third-order valence-corrected chi connectivity index (χ3v) is 3.79. The topological polar surface area (TPSA) is 41.1 Å². The number of carbonyl (C=O) groups excluding carboxylic acids is 1. The zero-order valence-corrected chi connectivity index (χ0v) is 13.9. The van der Waals surface area contributed by atoms with Gasteiger partial charge < -0.3 is 10.6 Å². The van der Waals surface area contributed by atoms with Crippen LogP contribution in [-0.4, -0.2) is 12.5 Å². The zero-order valence-electron chi connectivity index (χ0n) is 11.6. The predicted molar refractivity (Wildman–Crippen MR) is 90.6 cm³/mol. The van der Waals surface area contributed by atoms with E-state index in [1.807, 2.05) is 55.5 Å². The van der Waals surface area contributed by atoms with Crippen LogP contribution in [0.25, 0.3) is 0 Å². The number of benzene rings is 2. The highest BCUT2D eigenvalue weighted by Gasteiger charge is 2.08. The molecular weight excluding hydrogens is 352 g/mol. The van der Waals surface area contributed by atoms with Crippen molar-refractivity contribution in [2.75, 3.05) is 11.9 Å². The van der Waals surface area contributed by atoms with Crippen molar-refractivity contribution in [1.82, 2.24) is 5.32 Å². The molecule has 2 N–H and O–H groups in total. The molecule has 2 aromatic rings. The van der Waals surface area contributed by atoms with E-state index in [9.17, 15) is 4.79 Å². The molecule has 0 bridgehead atoms. The third kappa shape index (κ3) is 5.16. The van der Waals surface area contributed by atoms with Gasteiger partial charge in [-0.15, -0.1) is 0 Å². The highest BCUT2D eigenvalue weighted by atomic mass is 79.9. The highest BCUT2D eigenvalue weighted by Crippen LogP contribution is 2.17. The Labute approximate surface area is 137 Å². The number of amides is 1. The van der Waals surface area contributed by atoms with Crippen molar-refractivity contribution < 1.29 is 4.79 Å². The van der Waals surface area contributed by atoms with Gasteiger partial charge in [-0.05, 0) is 42.8 Å². The number of carbonyl (C=O) groups is 1. The Morgan fingerprint density at radius 1 is 1.24 bits per heavy atom. The molecule has 0 fully saturated rings. The van der Waals surface area contributed by atoms with Crippen LogP contribution in [0.4, 0.5) is 5.69 Å². The van der Waals surface area contributed by atoms with Crippen molar-refractivity contribution in [2.45, 2.75) is 13.0 Å². The van der Waals surface area contributed by atoms with E-state index >= 15 is 0 Å². The van der Waals surface area contributed by atoms with Crippen LogP contribution in [0.15, 0.2) is 53.0 Å². The fourth-order valence-electron chi connectivity index (χ4n) is 1.89. The summed E-state index contributed by atoms with van der Waals surface area (Å²) in [5.74, 6) is -0.0751. The molecule has 110 valence electrons. The summed E-state index contributed by atoms with van der Waals surface area (Å²) in [5, 5.41) is 6.74. The molecule has 5 heteroatoms. The number of hydrogen-bond donors (Lipinski definition) is 2. The van der Waals surface area contributed by atoms with Crippen LogP contribution in [0.1, 0.15) is 18.5 Å². The SMILES string of the molecule is C[C@@H](NCC(=O)Nc1cccc(Br)c1)c1ccc(Cl)cc1. The van der Waals surface area contributed by atoms with Gasteiger partial charge in [-0.1, -0.05) is 45.7 Å². The standard InChI is InChI=1S/C16H16BrClN2O/c1-11(12-5-7-14(18)8-6-12)19-10-16(21)20-15-4-2-3-13(17)9-15/h2-9,11,19H,10H2,1H3,(H,20,21)/t11-/m1/s1. The molecular formula is C16H16BrClN2O. The van der Waals surface area contributed by atoms with Crippen molar-refractivity contribution in [1.29, 1.82) is 0 Å². The van der Waals surface area contributed by atoms with Crippen LogP contribution < -0.4 is 10.6 Å². The smallest absolute Gasteiger partial charge is 0.238 e. The minimum absolute atomic E-state index is 0.0751. The molecule has 1 amide bonds. The van der Waals surface area contributed by atoms with Crippen LogP contribution in [0.5, 0.6) is 0 Å². The molecule has 0 unspecified atom stereocenters. The van der Waals surface area contributed by atoms with Gasteiger partial charge in [0.15, 0.2) is 0 Å². The third-order valence-electron chi connectivity index (χ3n) is 3.05. The molecule has 0 radical (unpaired) electrons. The van der Waals surface area contributed by atoms with Crippen molar-refractivity contribution in [2.24, 2.45) is 0 Å². The van der Waals surface area contributed by atoms with E-state index in [1.54, 1.807) is 0 Å². The van der Waals surface area contributed by atoms with Gasteiger partial charge in [0.1, 0.15) is 0 Å². The molecule has 0 aliphatic carbocycles. The van der Waals surface area contributed by atoms with E-state index in [0.717, 1.165) is 15.7 Å². The van der Waals surface area contributed by atoms with Crippen molar-refractivity contribution >= 4 is 39.1 Å². The first kappa shape index (κ1) is 16.0. The van der Waals surface area contributed by atoms with E-state index in [1.165, 1.54) is 0 Å². The fourth-order valence-corrected chi connectivity index (χ4v) is 2.41. The monoisotopic (exact) mass is 366 g/mol. The molecule has 0 aliphatic rings. The van der Waals surface area contributed by atoms with E-state index < -0.39 is 0 Å². The molecule has 21 heavy (non-hydrogen) atoms. The first-order valence-corrected chi connectivity index (χ1v) is 7.76. The molecule has 3 nitrogen and oxygen atoms in total. The Hall–Kier alpha value is -1.36. The Morgan fingerprint density at radius 2 is 1.95 bits per heavy atom. The van der Waals surface area contributed by atoms with E-state index in [-0.39, 0.29) is 18.5 Å². The molecule has 0 saturated carbocycles. The highest BCUT2D eigenvalue weighted by molar-refractivity contribution is 9.10. The van der Waals surface area contributed by atoms with Crippen LogP contribution in [0, 0.1) is 0 Å². The second-order valence-corrected chi connectivity index (χ2v) is 6.06. The summed E-state index contributed by atoms with van der Waals surface area (Å²) < 4.78 is 0.933. The lowest BCUT2D eigenvalue weighted by Gasteiger charge is -2.14. The number of nitrogens with one attached hydrogen (secondary N) is 2. The molecule has 0 saturated heterocycles. The molecule has 0 heterocycles. The maximum absolute atomic E-state index is 11.9. The average molecular weight is 368 g/mol. The Kier molecular flexibility index (Phi) is 5.79. The summed E-state index contributed by atoms with van der Waals surface area (Å²) in [6.07, 6.45) is 0. The van der Waals surface area contributed by atoms with Crippen LogP contribution in [0.2, 0.25) is 5.02 Å². The summed E-state index contributed by atoms with van der Waals surface area (Å²) in [6, 6.07) is 15.2. The van der Waals surface area contributed by atoms with Crippen molar-refractivity contribution in [3.8, 4) is 0 Å². The minimum atomic E-state index is -0.0751. The summed E-state index contributed by atoms with van der Waals surface area (Å²) in [7, 11) is 0. The van der Waals surface area contributed by atoms with Gasteiger partial charge in [0.05, 0.1) is 6.54 Å². The number of rotatable bonds is 5. The maximum atomic E-state index is 11.9.